The summed E-state index contributed by atoms with van der Waals surface area (Å²) >= 11 is 0. The van der Waals surface area contributed by atoms with E-state index < -0.39 is 97.5 Å². The highest BCUT2D eigenvalue weighted by molar-refractivity contribution is 7.47. The third-order valence-electron chi connectivity index (χ3n) is 15.6. The van der Waals surface area contributed by atoms with Gasteiger partial charge in [-0.3, -0.25) is 37.3 Å². The van der Waals surface area contributed by atoms with Crippen LogP contribution in [0, 0.1) is 23.7 Å². The molecule has 516 valence electrons. The van der Waals surface area contributed by atoms with Crippen LogP contribution in [0.1, 0.15) is 331 Å². The van der Waals surface area contributed by atoms with Crippen LogP contribution in [-0.4, -0.2) is 96.7 Å². The summed E-state index contributed by atoms with van der Waals surface area (Å²) in [5, 5.41) is 10.6. The van der Waals surface area contributed by atoms with Gasteiger partial charge >= 0.3 is 39.5 Å². The van der Waals surface area contributed by atoms with E-state index in [1.54, 1.807) is 0 Å². The zero-order valence-corrected chi connectivity index (χ0v) is 58.4. The van der Waals surface area contributed by atoms with Gasteiger partial charge in [-0.05, 0) is 49.4 Å². The van der Waals surface area contributed by atoms with Gasteiger partial charge in [-0.15, -0.1) is 0 Å². The number of aliphatic hydroxyl groups excluding tert-OH is 1. The molecule has 0 aliphatic heterocycles. The van der Waals surface area contributed by atoms with Crippen molar-refractivity contribution in [2.45, 2.75) is 350 Å². The van der Waals surface area contributed by atoms with Gasteiger partial charge in [0.05, 0.1) is 26.4 Å². The first-order chi connectivity index (χ1) is 41.6. The minimum absolute atomic E-state index is 0.104. The molecule has 0 aromatic carbocycles. The van der Waals surface area contributed by atoms with Gasteiger partial charge in [0.25, 0.3) is 0 Å². The molecule has 0 aromatic rings. The molecular weight excluding hydrogens is 1150 g/mol. The van der Waals surface area contributed by atoms with Crippen molar-refractivity contribution in [1.29, 1.82) is 0 Å². The van der Waals surface area contributed by atoms with E-state index in [1.165, 1.54) is 128 Å². The van der Waals surface area contributed by atoms with Crippen molar-refractivity contribution in [3.8, 4) is 0 Å². The summed E-state index contributed by atoms with van der Waals surface area (Å²) < 4.78 is 68.2. The number of hydrogen-bond donors (Lipinski definition) is 3. The lowest BCUT2D eigenvalue weighted by molar-refractivity contribution is -0.161. The summed E-state index contributed by atoms with van der Waals surface area (Å²) in [7, 11) is -9.90. The highest BCUT2D eigenvalue weighted by atomic mass is 31.2. The molecule has 0 fully saturated rings. The monoisotopic (exact) mass is 1280 g/mol. The SMILES string of the molecule is CC(C)CCCCCCCCCCCCCCC(=O)O[C@H](COC(=O)CCCCCCCCC(C)C)COP(=O)(O)OC[C@H](O)COP(=O)(O)OC[C@@H](COC(=O)CCCCCCCCCCC(C)C)OC(=O)CCCCCCCCCCCC(C)C. The van der Waals surface area contributed by atoms with Gasteiger partial charge in [0.15, 0.2) is 12.2 Å². The topological polar surface area (TPSA) is 237 Å². The lowest BCUT2D eigenvalue weighted by Gasteiger charge is -2.21. The first kappa shape index (κ1) is 85.1. The minimum atomic E-state index is -4.95. The Balaban J connectivity index is 5.24. The highest BCUT2D eigenvalue weighted by Crippen LogP contribution is 2.45. The Bertz CT molecular complexity index is 1730. The summed E-state index contributed by atoms with van der Waals surface area (Å²) in [5.41, 5.74) is 0. The van der Waals surface area contributed by atoms with Gasteiger partial charge < -0.3 is 33.8 Å². The lowest BCUT2D eigenvalue weighted by atomic mass is 10.0. The van der Waals surface area contributed by atoms with Crippen molar-refractivity contribution in [2.24, 2.45) is 23.7 Å². The van der Waals surface area contributed by atoms with Crippen LogP contribution in [0.15, 0.2) is 0 Å². The van der Waals surface area contributed by atoms with E-state index in [9.17, 15) is 43.2 Å². The molecule has 0 aliphatic rings. The Morgan fingerprint density at radius 1 is 0.287 bits per heavy atom. The fourth-order valence-corrected chi connectivity index (χ4v) is 11.7. The molecule has 3 N–H and O–H groups in total. The number of carbonyl (C=O) groups excluding carboxylic acids is 4. The molecule has 0 amide bonds. The second-order valence-corrected chi connectivity index (χ2v) is 29.4. The van der Waals surface area contributed by atoms with Crippen LogP contribution < -0.4 is 0 Å². The molecule has 0 saturated heterocycles. The smallest absolute Gasteiger partial charge is 0.462 e. The number of rotatable bonds is 65. The molecule has 0 bridgehead atoms. The molecule has 0 heterocycles. The molecule has 0 spiro atoms. The lowest BCUT2D eigenvalue weighted by Crippen LogP contribution is -2.30. The van der Waals surface area contributed by atoms with Crippen LogP contribution in [0.3, 0.4) is 0 Å². The molecule has 0 aliphatic carbocycles. The largest absolute Gasteiger partial charge is 0.472 e. The Hall–Kier alpha value is -1.94. The fraction of sp³-hybridized carbons (Fsp3) is 0.941. The van der Waals surface area contributed by atoms with E-state index in [1.807, 2.05) is 0 Å². The van der Waals surface area contributed by atoms with Crippen LogP contribution in [0.25, 0.3) is 0 Å². The second-order valence-electron chi connectivity index (χ2n) is 26.5. The first-order valence-corrected chi connectivity index (χ1v) is 38.2. The van der Waals surface area contributed by atoms with E-state index in [0.29, 0.717) is 31.6 Å². The van der Waals surface area contributed by atoms with Gasteiger partial charge in [-0.1, -0.05) is 280 Å². The number of ether oxygens (including phenoxy) is 4. The van der Waals surface area contributed by atoms with Crippen molar-refractivity contribution in [2.75, 3.05) is 39.6 Å². The Morgan fingerprint density at radius 3 is 0.713 bits per heavy atom. The number of carbonyl (C=O) groups is 4. The third-order valence-corrected chi connectivity index (χ3v) is 17.5. The maximum absolute atomic E-state index is 13.0. The van der Waals surface area contributed by atoms with Gasteiger partial charge in [-0.25, -0.2) is 9.13 Å². The zero-order chi connectivity index (χ0) is 64.7. The molecule has 0 rings (SSSR count). The van der Waals surface area contributed by atoms with Gasteiger partial charge in [0.2, 0.25) is 0 Å². The molecule has 0 aromatic heterocycles. The number of unbranched alkanes of at least 4 members (excludes halogenated alkanes) is 31. The summed E-state index contributed by atoms with van der Waals surface area (Å²) in [6.07, 6.45) is 39.1. The quantitative estimate of drug-likeness (QED) is 0.0222. The Kier molecular flexibility index (Phi) is 56.6. The van der Waals surface area contributed by atoms with Crippen molar-refractivity contribution >= 4 is 39.5 Å². The molecule has 17 nitrogen and oxygen atoms in total. The fourth-order valence-electron chi connectivity index (χ4n) is 10.1. The Morgan fingerprint density at radius 2 is 0.483 bits per heavy atom. The molecule has 19 heteroatoms. The summed E-state index contributed by atoms with van der Waals surface area (Å²) in [5.74, 6) is 0.784. The molecule has 5 atom stereocenters. The standard InChI is InChI=1S/C68H132O17P2/c1-58(2)44-36-28-20-14-11-9-10-12-16-24-34-42-50-67(72)85-64(55-79-66(71)49-41-33-27-26-31-39-47-61(7)8)57-83-87(76,77)81-53-62(69)52-80-86(74,75)82-56-63(54-78-65(70)48-40-32-23-19-18-22-30-38-46-60(5)6)84-68(73)51-43-35-25-17-13-15-21-29-37-45-59(3)4/h58-64,69H,9-57H2,1-8H3,(H,74,75)(H,76,77)/t62-,63-,64-/m1/s1. The molecule has 0 radical (unpaired) electrons. The highest BCUT2D eigenvalue weighted by Gasteiger charge is 2.30. The van der Waals surface area contributed by atoms with E-state index >= 15 is 0 Å². The number of hydrogen-bond acceptors (Lipinski definition) is 15. The predicted octanol–water partition coefficient (Wildman–Crippen LogP) is 18.9. The van der Waals surface area contributed by atoms with E-state index in [0.717, 1.165) is 114 Å². The number of phosphoric acid groups is 2. The van der Waals surface area contributed by atoms with Crippen molar-refractivity contribution in [1.82, 2.24) is 0 Å². The van der Waals surface area contributed by atoms with Crippen LogP contribution in [0.2, 0.25) is 0 Å². The summed E-state index contributed by atoms with van der Waals surface area (Å²) in [6, 6.07) is 0. The number of aliphatic hydroxyl groups is 1. The van der Waals surface area contributed by atoms with Gasteiger partial charge in [0.1, 0.15) is 19.3 Å². The molecular formula is C68H132O17P2. The van der Waals surface area contributed by atoms with E-state index in [4.69, 9.17) is 37.0 Å². The third kappa shape index (κ3) is 62.6. The number of phosphoric ester groups is 2. The van der Waals surface area contributed by atoms with E-state index in [-0.39, 0.29) is 25.7 Å². The summed E-state index contributed by atoms with van der Waals surface area (Å²) in [6.45, 7) is 14.0. The van der Waals surface area contributed by atoms with Gasteiger partial charge in [0, 0.05) is 25.7 Å². The first-order valence-electron chi connectivity index (χ1n) is 35.2. The maximum atomic E-state index is 13.0. The zero-order valence-electron chi connectivity index (χ0n) is 56.6. The average Bonchev–Trinajstić information content (AvgIpc) is 3.68. The minimum Gasteiger partial charge on any atom is -0.462 e. The molecule has 2 unspecified atom stereocenters. The molecule has 87 heavy (non-hydrogen) atoms. The second kappa shape index (κ2) is 57.9. The van der Waals surface area contributed by atoms with Crippen LogP contribution in [0.4, 0.5) is 0 Å². The van der Waals surface area contributed by atoms with Crippen LogP contribution in [0.5, 0.6) is 0 Å². The van der Waals surface area contributed by atoms with Crippen molar-refractivity contribution < 1.29 is 80.2 Å². The van der Waals surface area contributed by atoms with Crippen molar-refractivity contribution in [3.63, 3.8) is 0 Å². The molecule has 0 saturated carbocycles. The normalized spacial score (nSPS) is 14.3. The van der Waals surface area contributed by atoms with E-state index in [2.05, 4.69) is 55.4 Å². The van der Waals surface area contributed by atoms with Crippen LogP contribution in [-0.2, 0) is 65.4 Å². The van der Waals surface area contributed by atoms with Crippen molar-refractivity contribution in [3.05, 3.63) is 0 Å². The average molecular weight is 1280 g/mol. The number of esters is 4. The predicted molar refractivity (Wildman–Crippen MR) is 349 cm³/mol. The summed E-state index contributed by atoms with van der Waals surface area (Å²) in [4.78, 5) is 72.4. The van der Waals surface area contributed by atoms with Gasteiger partial charge in [-0.2, -0.15) is 0 Å². The Labute approximate surface area is 530 Å². The maximum Gasteiger partial charge on any atom is 0.472 e. The van der Waals surface area contributed by atoms with Crippen LogP contribution >= 0.6 is 15.6 Å².